The summed E-state index contributed by atoms with van der Waals surface area (Å²) in [5, 5.41) is 21.3. The van der Waals surface area contributed by atoms with Crippen LogP contribution in [0.2, 0.25) is 0 Å². The quantitative estimate of drug-likeness (QED) is 0.659. The zero-order valence-corrected chi connectivity index (χ0v) is 12.9. The Bertz CT molecular complexity index is 773. The standard InChI is InChI=1S/C19H18N2O2/c1-14-4-2-5-15(10-14)8-9-21-19(23)17(13-20)11-16-6-3-7-18(22)12-16/h2-7,10-12,22H,8-9H2,1H3,(H,21,23)/b17-11+. The second-order valence-corrected chi connectivity index (χ2v) is 5.26. The fourth-order valence-electron chi connectivity index (χ4n) is 2.21. The summed E-state index contributed by atoms with van der Waals surface area (Å²) in [6.45, 7) is 2.48. The molecule has 0 atom stereocenters. The molecule has 2 N–H and O–H groups in total. The fourth-order valence-corrected chi connectivity index (χ4v) is 2.21. The molecule has 4 heteroatoms. The molecule has 0 saturated carbocycles. The van der Waals surface area contributed by atoms with E-state index in [9.17, 15) is 9.90 Å². The SMILES string of the molecule is Cc1cccc(CCNC(=O)/C(C#N)=C/c2cccc(O)c2)c1. The van der Waals surface area contributed by atoms with Crippen molar-refractivity contribution in [3.05, 3.63) is 70.8 Å². The summed E-state index contributed by atoms with van der Waals surface area (Å²) in [6.07, 6.45) is 2.17. The average Bonchev–Trinajstić information content (AvgIpc) is 2.52. The van der Waals surface area contributed by atoms with Gasteiger partial charge in [-0.1, -0.05) is 42.0 Å². The number of rotatable bonds is 5. The molecule has 116 valence electrons. The van der Waals surface area contributed by atoms with Crippen LogP contribution < -0.4 is 5.32 Å². The number of nitrogens with one attached hydrogen (secondary N) is 1. The maximum absolute atomic E-state index is 12.1. The van der Waals surface area contributed by atoms with Crippen LogP contribution >= 0.6 is 0 Å². The van der Waals surface area contributed by atoms with E-state index in [1.165, 1.54) is 23.8 Å². The smallest absolute Gasteiger partial charge is 0.261 e. The van der Waals surface area contributed by atoms with Gasteiger partial charge >= 0.3 is 0 Å². The third-order valence-electron chi connectivity index (χ3n) is 3.33. The van der Waals surface area contributed by atoms with E-state index >= 15 is 0 Å². The number of phenols is 1. The van der Waals surface area contributed by atoms with E-state index in [-0.39, 0.29) is 11.3 Å². The Morgan fingerprint density at radius 2 is 2.04 bits per heavy atom. The lowest BCUT2D eigenvalue weighted by Gasteiger charge is -2.05. The molecule has 2 rings (SSSR count). The summed E-state index contributed by atoms with van der Waals surface area (Å²) in [5.74, 6) is -0.320. The Morgan fingerprint density at radius 3 is 2.74 bits per heavy atom. The number of nitrogens with zero attached hydrogens (tertiary/aromatic N) is 1. The number of hydrogen-bond acceptors (Lipinski definition) is 3. The molecular weight excluding hydrogens is 288 g/mol. The summed E-state index contributed by atoms with van der Waals surface area (Å²) >= 11 is 0. The lowest BCUT2D eigenvalue weighted by atomic mass is 10.1. The van der Waals surface area contributed by atoms with Crippen LogP contribution in [-0.2, 0) is 11.2 Å². The van der Waals surface area contributed by atoms with Gasteiger partial charge in [0.1, 0.15) is 17.4 Å². The predicted octanol–water partition coefficient (Wildman–Crippen LogP) is 2.97. The summed E-state index contributed by atoms with van der Waals surface area (Å²) in [5.41, 5.74) is 2.94. The zero-order valence-electron chi connectivity index (χ0n) is 12.9. The van der Waals surface area contributed by atoms with Crippen molar-refractivity contribution < 1.29 is 9.90 Å². The molecular formula is C19H18N2O2. The molecule has 1 amide bonds. The molecule has 0 unspecified atom stereocenters. The second-order valence-electron chi connectivity index (χ2n) is 5.26. The van der Waals surface area contributed by atoms with E-state index in [0.717, 1.165) is 5.56 Å². The number of aromatic hydroxyl groups is 1. The van der Waals surface area contributed by atoms with E-state index < -0.39 is 5.91 Å². The number of amides is 1. The maximum atomic E-state index is 12.1. The first-order valence-corrected chi connectivity index (χ1v) is 7.33. The van der Waals surface area contributed by atoms with Crippen LogP contribution in [0, 0.1) is 18.3 Å². The highest BCUT2D eigenvalue weighted by molar-refractivity contribution is 6.01. The Kier molecular flexibility index (Phi) is 5.54. The molecule has 4 nitrogen and oxygen atoms in total. The highest BCUT2D eigenvalue weighted by Crippen LogP contribution is 2.14. The number of carbonyl (C=O) groups is 1. The number of carbonyl (C=O) groups excluding carboxylic acids is 1. The van der Waals surface area contributed by atoms with Crippen LogP contribution in [0.1, 0.15) is 16.7 Å². The van der Waals surface area contributed by atoms with Crippen LogP contribution in [0.4, 0.5) is 0 Å². The molecule has 0 aromatic heterocycles. The van der Waals surface area contributed by atoms with Crippen molar-refractivity contribution in [1.29, 1.82) is 5.26 Å². The van der Waals surface area contributed by atoms with Crippen molar-refractivity contribution in [2.45, 2.75) is 13.3 Å². The topological polar surface area (TPSA) is 73.1 Å². The Morgan fingerprint density at radius 1 is 1.26 bits per heavy atom. The van der Waals surface area contributed by atoms with E-state index in [4.69, 9.17) is 5.26 Å². The van der Waals surface area contributed by atoms with Crippen molar-refractivity contribution >= 4 is 12.0 Å². The minimum absolute atomic E-state index is 0.0137. The molecule has 0 saturated heterocycles. The van der Waals surface area contributed by atoms with Gasteiger partial charge in [0, 0.05) is 6.54 Å². The first kappa shape index (κ1) is 16.3. The third kappa shape index (κ3) is 5.01. The molecule has 0 bridgehead atoms. The monoisotopic (exact) mass is 306 g/mol. The van der Waals surface area contributed by atoms with Gasteiger partial charge in [-0.05, 0) is 42.7 Å². The van der Waals surface area contributed by atoms with Crippen LogP contribution in [0.5, 0.6) is 5.75 Å². The highest BCUT2D eigenvalue weighted by atomic mass is 16.3. The Balaban J connectivity index is 1.97. The van der Waals surface area contributed by atoms with Crippen molar-refractivity contribution in [2.24, 2.45) is 0 Å². The lowest BCUT2D eigenvalue weighted by Crippen LogP contribution is -2.26. The van der Waals surface area contributed by atoms with Gasteiger partial charge in [-0.25, -0.2) is 0 Å². The third-order valence-corrected chi connectivity index (χ3v) is 3.33. The Labute approximate surface area is 135 Å². The number of phenolic OH excluding ortho intramolecular Hbond substituents is 1. The van der Waals surface area contributed by atoms with Gasteiger partial charge in [-0.15, -0.1) is 0 Å². The number of aryl methyl sites for hydroxylation is 1. The molecule has 0 aliphatic carbocycles. The van der Waals surface area contributed by atoms with Gasteiger partial charge in [0.15, 0.2) is 0 Å². The first-order valence-electron chi connectivity index (χ1n) is 7.33. The summed E-state index contributed by atoms with van der Waals surface area (Å²) in [7, 11) is 0. The van der Waals surface area contributed by atoms with Gasteiger partial charge in [-0.2, -0.15) is 5.26 Å². The van der Waals surface area contributed by atoms with Crippen LogP contribution in [0.15, 0.2) is 54.1 Å². The Hall–Kier alpha value is -3.06. The molecule has 0 aliphatic heterocycles. The first-order chi connectivity index (χ1) is 11.1. The van der Waals surface area contributed by atoms with Gasteiger partial charge in [0.05, 0.1) is 0 Å². The van der Waals surface area contributed by atoms with Crippen molar-refractivity contribution in [3.63, 3.8) is 0 Å². The van der Waals surface area contributed by atoms with Crippen molar-refractivity contribution in [1.82, 2.24) is 5.32 Å². The molecule has 0 fully saturated rings. The fraction of sp³-hybridized carbons (Fsp3) is 0.158. The van der Waals surface area contributed by atoms with Gasteiger partial charge in [-0.3, -0.25) is 4.79 Å². The minimum atomic E-state index is -0.413. The van der Waals surface area contributed by atoms with Crippen molar-refractivity contribution in [2.75, 3.05) is 6.54 Å². The molecule has 23 heavy (non-hydrogen) atoms. The van der Waals surface area contributed by atoms with Gasteiger partial charge < -0.3 is 10.4 Å². The summed E-state index contributed by atoms with van der Waals surface area (Å²) in [6, 6.07) is 16.4. The molecule has 0 radical (unpaired) electrons. The van der Waals surface area contributed by atoms with Crippen LogP contribution in [-0.4, -0.2) is 17.6 Å². The van der Waals surface area contributed by atoms with Gasteiger partial charge in [0.25, 0.3) is 5.91 Å². The minimum Gasteiger partial charge on any atom is -0.508 e. The van der Waals surface area contributed by atoms with Gasteiger partial charge in [0.2, 0.25) is 0 Å². The zero-order chi connectivity index (χ0) is 16.7. The maximum Gasteiger partial charge on any atom is 0.261 e. The predicted molar refractivity (Wildman–Crippen MR) is 89.6 cm³/mol. The average molecular weight is 306 g/mol. The van der Waals surface area contributed by atoms with Crippen molar-refractivity contribution in [3.8, 4) is 11.8 Å². The normalized spacial score (nSPS) is 10.9. The molecule has 2 aromatic carbocycles. The van der Waals surface area contributed by atoms with Crippen LogP contribution in [0.25, 0.3) is 6.08 Å². The lowest BCUT2D eigenvalue weighted by molar-refractivity contribution is -0.117. The van der Waals surface area contributed by atoms with E-state index in [2.05, 4.69) is 11.4 Å². The van der Waals surface area contributed by atoms with E-state index in [1.807, 2.05) is 31.2 Å². The number of benzene rings is 2. The molecule has 0 heterocycles. The van der Waals surface area contributed by atoms with E-state index in [0.29, 0.717) is 18.5 Å². The number of nitriles is 1. The largest absolute Gasteiger partial charge is 0.508 e. The molecule has 0 aliphatic rings. The second kappa shape index (κ2) is 7.81. The summed E-state index contributed by atoms with van der Waals surface area (Å²) < 4.78 is 0. The number of hydrogen-bond donors (Lipinski definition) is 2. The summed E-state index contributed by atoms with van der Waals surface area (Å²) in [4.78, 5) is 12.1. The molecule has 0 spiro atoms. The van der Waals surface area contributed by atoms with Crippen LogP contribution in [0.3, 0.4) is 0 Å². The van der Waals surface area contributed by atoms with E-state index in [1.54, 1.807) is 12.1 Å². The highest BCUT2D eigenvalue weighted by Gasteiger charge is 2.08. The molecule has 2 aromatic rings.